The lowest BCUT2D eigenvalue weighted by Crippen LogP contribution is -2.52. The van der Waals surface area contributed by atoms with Crippen LogP contribution in [0.5, 0.6) is 0 Å². The summed E-state index contributed by atoms with van der Waals surface area (Å²) >= 11 is 1.70. The van der Waals surface area contributed by atoms with Gasteiger partial charge in [0.1, 0.15) is 0 Å². The molecule has 2 fully saturated rings. The number of amides is 1. The summed E-state index contributed by atoms with van der Waals surface area (Å²) in [5, 5.41) is 0. The van der Waals surface area contributed by atoms with Crippen LogP contribution in [0.1, 0.15) is 52.2 Å². The van der Waals surface area contributed by atoms with Crippen molar-refractivity contribution in [2.45, 2.75) is 51.0 Å². The molecule has 0 unspecified atom stereocenters. The quantitative estimate of drug-likeness (QED) is 0.770. The molecule has 1 amide bonds. The number of sulfone groups is 1. The molecule has 2 saturated heterocycles. The summed E-state index contributed by atoms with van der Waals surface area (Å²) in [5.74, 6) is 0.774. The molecule has 4 rings (SSSR count). The van der Waals surface area contributed by atoms with Crippen LogP contribution >= 0.6 is 11.3 Å². The van der Waals surface area contributed by atoms with E-state index in [9.17, 15) is 13.2 Å². The van der Waals surface area contributed by atoms with E-state index in [0.717, 1.165) is 37.2 Å². The van der Waals surface area contributed by atoms with Crippen LogP contribution < -0.4 is 0 Å². The molecule has 0 spiro atoms. The van der Waals surface area contributed by atoms with Gasteiger partial charge in [-0.15, -0.1) is 11.3 Å². The fourth-order valence-electron chi connectivity index (χ4n) is 4.46. The Morgan fingerprint density at radius 1 is 1.04 bits per heavy atom. The number of nitrogens with zero attached hydrogens (tertiary/aromatic N) is 2. The van der Waals surface area contributed by atoms with Gasteiger partial charge in [0.15, 0.2) is 9.84 Å². The van der Waals surface area contributed by atoms with Crippen LogP contribution in [0.4, 0.5) is 0 Å². The Kier molecular flexibility index (Phi) is 5.39. The third kappa shape index (κ3) is 3.99. The van der Waals surface area contributed by atoms with Gasteiger partial charge in [0.05, 0.1) is 16.4 Å². The molecular weight excluding hydrogens is 368 g/mol. The number of carbonyl (C=O) groups is 1. The highest BCUT2D eigenvalue weighted by Crippen LogP contribution is 2.29. The second-order valence-corrected chi connectivity index (χ2v) is 11.2. The summed E-state index contributed by atoms with van der Waals surface area (Å²) in [4.78, 5) is 19.5. The largest absolute Gasteiger partial charge is 0.335 e. The van der Waals surface area contributed by atoms with E-state index in [1.165, 1.54) is 36.1 Å². The third-order valence-electron chi connectivity index (χ3n) is 6.03. The normalized spacial score (nSPS) is 26.9. The maximum Gasteiger partial charge on any atom is 0.264 e. The number of hydrogen-bond donors (Lipinski definition) is 0. The summed E-state index contributed by atoms with van der Waals surface area (Å²) in [6.45, 7) is 2.99. The van der Waals surface area contributed by atoms with Crippen molar-refractivity contribution in [1.29, 1.82) is 0 Å². The second kappa shape index (κ2) is 7.60. The van der Waals surface area contributed by atoms with Gasteiger partial charge in [-0.3, -0.25) is 9.69 Å². The van der Waals surface area contributed by atoms with Crippen molar-refractivity contribution in [2.75, 3.05) is 37.7 Å². The molecule has 1 aromatic heterocycles. The van der Waals surface area contributed by atoms with Crippen molar-refractivity contribution < 1.29 is 13.2 Å². The summed E-state index contributed by atoms with van der Waals surface area (Å²) < 4.78 is 23.4. The molecule has 1 atom stereocenters. The van der Waals surface area contributed by atoms with E-state index >= 15 is 0 Å². The molecule has 0 aromatic carbocycles. The molecule has 3 aliphatic rings. The monoisotopic (exact) mass is 396 g/mol. The van der Waals surface area contributed by atoms with Gasteiger partial charge in [-0.1, -0.05) is 12.8 Å². The predicted octanol–water partition coefficient (Wildman–Crippen LogP) is 2.35. The minimum Gasteiger partial charge on any atom is -0.335 e. The highest BCUT2D eigenvalue weighted by molar-refractivity contribution is 7.91. The topological polar surface area (TPSA) is 57.7 Å². The van der Waals surface area contributed by atoms with Gasteiger partial charge in [-0.25, -0.2) is 8.42 Å². The van der Waals surface area contributed by atoms with Crippen molar-refractivity contribution in [3.63, 3.8) is 0 Å². The van der Waals surface area contributed by atoms with Crippen LogP contribution in [0, 0.1) is 0 Å². The molecule has 5 nitrogen and oxygen atoms in total. The van der Waals surface area contributed by atoms with Crippen LogP contribution in [0.15, 0.2) is 6.07 Å². The fourth-order valence-corrected chi connectivity index (χ4v) is 7.44. The Hall–Kier alpha value is -0.920. The third-order valence-corrected chi connectivity index (χ3v) is 9.01. The molecule has 7 heteroatoms. The van der Waals surface area contributed by atoms with Crippen molar-refractivity contribution in [3.05, 3.63) is 21.4 Å². The summed E-state index contributed by atoms with van der Waals surface area (Å²) in [5.41, 5.74) is 1.40. The van der Waals surface area contributed by atoms with Crippen LogP contribution in [0.2, 0.25) is 0 Å². The van der Waals surface area contributed by atoms with Gasteiger partial charge in [0.25, 0.3) is 5.91 Å². The molecule has 0 saturated carbocycles. The minimum atomic E-state index is -2.85. The molecule has 2 aliphatic heterocycles. The first-order chi connectivity index (χ1) is 12.5. The zero-order valence-corrected chi connectivity index (χ0v) is 16.9. The maximum absolute atomic E-state index is 12.9. The molecule has 0 N–H and O–H groups in total. The summed E-state index contributed by atoms with van der Waals surface area (Å²) in [6, 6.07) is 2.29. The van der Waals surface area contributed by atoms with Gasteiger partial charge >= 0.3 is 0 Å². The van der Waals surface area contributed by atoms with Crippen LogP contribution in [-0.4, -0.2) is 67.9 Å². The van der Waals surface area contributed by atoms with Crippen molar-refractivity contribution in [1.82, 2.24) is 9.80 Å². The van der Waals surface area contributed by atoms with Crippen molar-refractivity contribution >= 4 is 27.1 Å². The Morgan fingerprint density at radius 2 is 1.77 bits per heavy atom. The standard InChI is InChI=1S/C19H28N2O3S2/c22-19(18-13-15-5-3-1-2-4-6-17(15)25-18)21-10-8-20(9-11-21)16-7-12-26(23,24)14-16/h13,16H,1-12,14H2/t16-/m0/s1. The van der Waals surface area contributed by atoms with E-state index in [1.54, 1.807) is 11.3 Å². The first kappa shape index (κ1) is 18.4. The van der Waals surface area contributed by atoms with Crippen LogP contribution in [-0.2, 0) is 22.7 Å². The van der Waals surface area contributed by atoms with E-state index in [0.29, 0.717) is 24.6 Å². The molecule has 144 valence electrons. The van der Waals surface area contributed by atoms with Gasteiger partial charge in [0, 0.05) is 37.1 Å². The number of thiophene rings is 1. The zero-order valence-electron chi connectivity index (χ0n) is 15.3. The highest BCUT2D eigenvalue weighted by atomic mass is 32.2. The van der Waals surface area contributed by atoms with E-state index in [-0.39, 0.29) is 11.9 Å². The highest BCUT2D eigenvalue weighted by Gasteiger charge is 2.34. The number of aryl methyl sites for hydroxylation is 2. The molecule has 1 aromatic rings. The smallest absolute Gasteiger partial charge is 0.264 e. The van der Waals surface area contributed by atoms with Gasteiger partial charge < -0.3 is 4.90 Å². The predicted molar refractivity (Wildman–Crippen MR) is 105 cm³/mol. The van der Waals surface area contributed by atoms with E-state index in [1.807, 2.05) is 4.90 Å². The summed E-state index contributed by atoms with van der Waals surface area (Å²) in [6.07, 6.45) is 8.06. The van der Waals surface area contributed by atoms with E-state index < -0.39 is 9.84 Å². The Balaban J connectivity index is 1.37. The molecule has 26 heavy (non-hydrogen) atoms. The van der Waals surface area contributed by atoms with Crippen molar-refractivity contribution in [2.24, 2.45) is 0 Å². The van der Waals surface area contributed by atoms with Crippen molar-refractivity contribution in [3.8, 4) is 0 Å². The lowest BCUT2D eigenvalue weighted by Gasteiger charge is -2.37. The first-order valence-electron chi connectivity index (χ1n) is 9.87. The zero-order chi connectivity index (χ0) is 18.1. The van der Waals surface area contributed by atoms with Gasteiger partial charge in [-0.2, -0.15) is 0 Å². The lowest BCUT2D eigenvalue weighted by molar-refractivity contribution is 0.0592. The molecule has 0 bridgehead atoms. The minimum absolute atomic E-state index is 0.152. The Labute approximate surface area is 160 Å². The average molecular weight is 397 g/mol. The number of fused-ring (bicyclic) bond motifs is 1. The molecule has 1 aliphatic carbocycles. The van der Waals surface area contributed by atoms with Gasteiger partial charge in [-0.05, 0) is 43.7 Å². The molecule has 3 heterocycles. The molecular formula is C19H28N2O3S2. The van der Waals surface area contributed by atoms with E-state index in [2.05, 4.69) is 11.0 Å². The lowest BCUT2D eigenvalue weighted by atomic mass is 10.00. The second-order valence-electron chi connectivity index (χ2n) is 7.86. The average Bonchev–Trinajstić information content (AvgIpc) is 3.17. The Bertz CT molecular complexity index is 738. The number of carbonyl (C=O) groups excluding carboxylic acids is 1. The molecule has 0 radical (unpaired) electrons. The first-order valence-corrected chi connectivity index (χ1v) is 12.5. The number of hydrogen-bond acceptors (Lipinski definition) is 5. The fraction of sp³-hybridized carbons (Fsp3) is 0.737. The van der Waals surface area contributed by atoms with Crippen LogP contribution in [0.25, 0.3) is 0 Å². The summed E-state index contributed by atoms with van der Waals surface area (Å²) in [7, 11) is -2.85. The van der Waals surface area contributed by atoms with Gasteiger partial charge in [0.2, 0.25) is 0 Å². The Morgan fingerprint density at radius 3 is 2.46 bits per heavy atom. The maximum atomic E-state index is 12.9. The number of piperazine rings is 1. The SMILES string of the molecule is O=C(c1cc2c(s1)CCCCCC2)N1CCN([C@H]2CCS(=O)(=O)C2)CC1. The number of rotatable bonds is 2. The van der Waals surface area contributed by atoms with Crippen LogP contribution in [0.3, 0.4) is 0 Å². The van der Waals surface area contributed by atoms with E-state index in [4.69, 9.17) is 0 Å².